The van der Waals surface area contributed by atoms with Gasteiger partial charge in [-0.1, -0.05) is 33.6 Å². The van der Waals surface area contributed by atoms with Gasteiger partial charge in [-0.05, 0) is 24.8 Å². The Morgan fingerprint density at radius 3 is 2.73 bits per heavy atom. The topological polar surface area (TPSA) is 59.6 Å². The fourth-order valence-corrected chi connectivity index (χ4v) is 3.05. The average molecular weight is 308 g/mol. The Morgan fingerprint density at radius 2 is 2.14 bits per heavy atom. The Bertz CT molecular complexity index is 465. The second-order valence-electron chi connectivity index (χ2n) is 6.12. The summed E-state index contributed by atoms with van der Waals surface area (Å²) in [5.41, 5.74) is 1.70. The van der Waals surface area contributed by atoms with E-state index in [0.29, 0.717) is 0 Å². The minimum Gasteiger partial charge on any atom is -0.449 e. The molecule has 0 saturated heterocycles. The van der Waals surface area contributed by atoms with Crippen LogP contribution in [-0.2, 0) is 14.3 Å². The second kappa shape index (κ2) is 7.68. The highest BCUT2D eigenvalue weighted by Gasteiger charge is 2.32. The Balaban J connectivity index is 2.05. The standard InChI is InChI=1S/C17H28N2O3/c1-5-7-12(8-6-2)18-16(20)13-10-14-15(9-11(13)3)22-17(19-14)21-4/h10-12,17,19H,5-9H2,1-4H3,(H,18,20). The maximum absolute atomic E-state index is 12.6. The van der Waals surface area contributed by atoms with Gasteiger partial charge in [0.1, 0.15) is 5.76 Å². The van der Waals surface area contributed by atoms with E-state index >= 15 is 0 Å². The minimum atomic E-state index is -0.441. The van der Waals surface area contributed by atoms with E-state index in [1.54, 1.807) is 7.11 Å². The molecule has 5 heteroatoms. The van der Waals surface area contributed by atoms with E-state index < -0.39 is 6.41 Å². The molecule has 0 bridgehead atoms. The maximum atomic E-state index is 12.6. The van der Waals surface area contributed by atoms with E-state index in [1.165, 1.54) is 0 Å². The van der Waals surface area contributed by atoms with Crippen molar-refractivity contribution in [2.45, 2.75) is 65.3 Å². The number of carbonyl (C=O) groups is 1. The molecule has 2 rings (SSSR count). The van der Waals surface area contributed by atoms with Crippen molar-refractivity contribution in [3.05, 3.63) is 23.1 Å². The Hall–Kier alpha value is -1.49. The summed E-state index contributed by atoms with van der Waals surface area (Å²) in [6, 6.07) is 0.269. The van der Waals surface area contributed by atoms with Crippen LogP contribution in [0, 0.1) is 5.92 Å². The normalized spacial score (nSPS) is 23.8. The molecule has 5 nitrogen and oxygen atoms in total. The number of carbonyl (C=O) groups excluding carboxylic acids is 1. The van der Waals surface area contributed by atoms with Gasteiger partial charge in [0.25, 0.3) is 6.41 Å². The third-order valence-corrected chi connectivity index (χ3v) is 4.23. The highest BCUT2D eigenvalue weighted by molar-refractivity contribution is 5.95. The first kappa shape index (κ1) is 16.9. The number of rotatable bonds is 7. The first-order chi connectivity index (χ1) is 10.6. The molecule has 0 spiro atoms. The number of ether oxygens (including phenoxy) is 2. The fourth-order valence-electron chi connectivity index (χ4n) is 3.05. The van der Waals surface area contributed by atoms with Crippen molar-refractivity contribution in [1.82, 2.24) is 10.6 Å². The zero-order valence-electron chi connectivity index (χ0n) is 14.1. The van der Waals surface area contributed by atoms with Crippen LogP contribution in [0.15, 0.2) is 23.1 Å². The summed E-state index contributed by atoms with van der Waals surface area (Å²) >= 11 is 0. The van der Waals surface area contributed by atoms with Crippen molar-refractivity contribution in [3.63, 3.8) is 0 Å². The zero-order chi connectivity index (χ0) is 16.1. The summed E-state index contributed by atoms with van der Waals surface area (Å²) in [6.45, 7) is 6.37. The van der Waals surface area contributed by atoms with E-state index in [0.717, 1.165) is 49.1 Å². The first-order valence-corrected chi connectivity index (χ1v) is 8.30. The SMILES string of the molecule is CCCC(CCC)NC(=O)C1=CC2=C(CC1C)OC(OC)N2. The molecule has 1 amide bonds. The minimum absolute atomic E-state index is 0.0496. The molecule has 0 saturated carbocycles. The van der Waals surface area contributed by atoms with E-state index in [9.17, 15) is 4.79 Å². The van der Waals surface area contributed by atoms with Gasteiger partial charge >= 0.3 is 0 Å². The molecule has 1 heterocycles. The summed E-state index contributed by atoms with van der Waals surface area (Å²) in [5.74, 6) is 1.09. The Labute approximate surface area is 133 Å². The quantitative estimate of drug-likeness (QED) is 0.759. The third kappa shape index (κ3) is 3.83. The predicted molar refractivity (Wildman–Crippen MR) is 85.7 cm³/mol. The molecular weight excluding hydrogens is 280 g/mol. The Kier molecular flexibility index (Phi) is 5.89. The lowest BCUT2D eigenvalue weighted by atomic mass is 9.90. The first-order valence-electron chi connectivity index (χ1n) is 8.30. The summed E-state index contributed by atoms with van der Waals surface area (Å²) in [7, 11) is 1.59. The molecule has 22 heavy (non-hydrogen) atoms. The van der Waals surface area contributed by atoms with Gasteiger partial charge in [-0.25, -0.2) is 0 Å². The molecule has 2 N–H and O–H groups in total. The Morgan fingerprint density at radius 1 is 1.45 bits per heavy atom. The van der Waals surface area contributed by atoms with Crippen LogP contribution in [-0.4, -0.2) is 25.5 Å². The van der Waals surface area contributed by atoms with Gasteiger partial charge in [0, 0.05) is 25.1 Å². The average Bonchev–Trinajstić information content (AvgIpc) is 2.88. The number of nitrogens with one attached hydrogen (secondary N) is 2. The van der Waals surface area contributed by atoms with Crippen LogP contribution in [0.3, 0.4) is 0 Å². The summed E-state index contributed by atoms with van der Waals surface area (Å²) < 4.78 is 10.8. The van der Waals surface area contributed by atoms with Crippen LogP contribution in [0.2, 0.25) is 0 Å². The van der Waals surface area contributed by atoms with Gasteiger partial charge in [-0.2, -0.15) is 0 Å². The van der Waals surface area contributed by atoms with Gasteiger partial charge in [-0.3, -0.25) is 4.79 Å². The van der Waals surface area contributed by atoms with Crippen molar-refractivity contribution in [1.29, 1.82) is 0 Å². The number of hydrogen-bond donors (Lipinski definition) is 2. The van der Waals surface area contributed by atoms with Crippen LogP contribution in [0.5, 0.6) is 0 Å². The smallest absolute Gasteiger partial charge is 0.281 e. The largest absolute Gasteiger partial charge is 0.449 e. The molecule has 0 fully saturated rings. The lowest BCUT2D eigenvalue weighted by Gasteiger charge is -2.23. The number of allylic oxidation sites excluding steroid dienone is 2. The van der Waals surface area contributed by atoms with Gasteiger partial charge in [-0.15, -0.1) is 0 Å². The van der Waals surface area contributed by atoms with Crippen LogP contribution in [0.25, 0.3) is 0 Å². The monoisotopic (exact) mass is 308 g/mol. The van der Waals surface area contributed by atoms with Crippen LogP contribution in [0.1, 0.15) is 52.9 Å². The summed E-state index contributed by atoms with van der Waals surface area (Å²) in [5, 5.41) is 6.32. The highest BCUT2D eigenvalue weighted by Crippen LogP contribution is 2.33. The van der Waals surface area contributed by atoms with Crippen LogP contribution < -0.4 is 10.6 Å². The molecular formula is C17H28N2O3. The second-order valence-corrected chi connectivity index (χ2v) is 6.12. The molecule has 1 aliphatic carbocycles. The van der Waals surface area contributed by atoms with E-state index in [2.05, 4.69) is 31.4 Å². The third-order valence-electron chi connectivity index (χ3n) is 4.23. The lowest BCUT2D eigenvalue weighted by Crippen LogP contribution is -2.37. The van der Waals surface area contributed by atoms with E-state index in [-0.39, 0.29) is 17.9 Å². The molecule has 0 aromatic carbocycles. The van der Waals surface area contributed by atoms with Crippen molar-refractivity contribution in [3.8, 4) is 0 Å². The molecule has 2 atom stereocenters. The lowest BCUT2D eigenvalue weighted by molar-refractivity contribution is -0.118. The van der Waals surface area contributed by atoms with Crippen molar-refractivity contribution in [2.24, 2.45) is 5.92 Å². The van der Waals surface area contributed by atoms with Gasteiger partial charge in [0.2, 0.25) is 5.91 Å². The van der Waals surface area contributed by atoms with Gasteiger partial charge in [0.15, 0.2) is 0 Å². The van der Waals surface area contributed by atoms with Crippen molar-refractivity contribution in [2.75, 3.05) is 7.11 Å². The fraction of sp³-hybridized carbons (Fsp3) is 0.706. The summed E-state index contributed by atoms with van der Waals surface area (Å²) in [6.07, 6.45) is 6.42. The molecule has 0 radical (unpaired) electrons. The summed E-state index contributed by atoms with van der Waals surface area (Å²) in [4.78, 5) is 12.6. The van der Waals surface area contributed by atoms with Crippen molar-refractivity contribution < 1.29 is 14.3 Å². The van der Waals surface area contributed by atoms with E-state index in [1.807, 2.05) is 6.08 Å². The molecule has 1 aliphatic heterocycles. The predicted octanol–water partition coefficient (Wildman–Crippen LogP) is 2.80. The van der Waals surface area contributed by atoms with E-state index in [4.69, 9.17) is 9.47 Å². The molecule has 0 aromatic rings. The highest BCUT2D eigenvalue weighted by atomic mass is 16.7. The van der Waals surface area contributed by atoms with Gasteiger partial charge < -0.3 is 20.1 Å². The van der Waals surface area contributed by atoms with Crippen LogP contribution in [0.4, 0.5) is 0 Å². The molecule has 2 aliphatic rings. The zero-order valence-corrected chi connectivity index (χ0v) is 14.1. The van der Waals surface area contributed by atoms with Crippen LogP contribution >= 0.6 is 0 Å². The number of hydrogen-bond acceptors (Lipinski definition) is 4. The number of methoxy groups -OCH3 is 1. The molecule has 2 unspecified atom stereocenters. The number of amides is 1. The van der Waals surface area contributed by atoms with Gasteiger partial charge in [0.05, 0.1) is 5.70 Å². The molecule has 124 valence electrons. The molecule has 0 aromatic heterocycles. The van der Waals surface area contributed by atoms with Crippen molar-refractivity contribution >= 4 is 5.91 Å². The maximum Gasteiger partial charge on any atom is 0.281 e.